The lowest BCUT2D eigenvalue weighted by atomic mass is 10.3. The van der Waals surface area contributed by atoms with E-state index in [0.717, 1.165) is 20.9 Å². The van der Waals surface area contributed by atoms with E-state index in [0.29, 0.717) is 6.54 Å². The van der Waals surface area contributed by atoms with E-state index in [1.54, 1.807) is 23.6 Å². The van der Waals surface area contributed by atoms with Crippen molar-refractivity contribution in [3.05, 3.63) is 65.4 Å². The zero-order chi connectivity index (χ0) is 14.5. The zero-order valence-electron chi connectivity index (χ0n) is 11.2. The van der Waals surface area contributed by atoms with E-state index in [1.807, 2.05) is 42.5 Å². The Kier molecular flexibility index (Phi) is 4.02. The van der Waals surface area contributed by atoms with Crippen molar-refractivity contribution in [2.45, 2.75) is 6.54 Å². The number of fused-ring (bicyclic) bond motifs is 1. The van der Waals surface area contributed by atoms with Crippen LogP contribution in [0.4, 0.5) is 0 Å². The van der Waals surface area contributed by atoms with Crippen molar-refractivity contribution < 1.29 is 4.79 Å². The van der Waals surface area contributed by atoms with Gasteiger partial charge in [0, 0.05) is 12.3 Å². The number of hydrogen-bond donors (Lipinski definition) is 1. The summed E-state index contributed by atoms with van der Waals surface area (Å²) in [5.41, 5.74) is 1.79. The third-order valence-electron chi connectivity index (χ3n) is 2.86. The molecule has 1 N–H and O–H groups in total. The number of nitrogens with zero attached hydrogens (tertiary/aromatic N) is 2. The second-order valence-corrected chi connectivity index (χ2v) is 5.45. The summed E-state index contributed by atoms with van der Waals surface area (Å²) in [4.78, 5) is 20.3. The van der Waals surface area contributed by atoms with Crippen LogP contribution in [0.2, 0.25) is 0 Å². The monoisotopic (exact) mass is 295 g/mol. The van der Waals surface area contributed by atoms with E-state index in [4.69, 9.17) is 0 Å². The molecule has 1 aromatic carbocycles. The van der Waals surface area contributed by atoms with Crippen LogP contribution in [-0.2, 0) is 11.3 Å². The van der Waals surface area contributed by atoms with Gasteiger partial charge < -0.3 is 5.32 Å². The molecule has 0 bridgehead atoms. The summed E-state index contributed by atoms with van der Waals surface area (Å²) in [7, 11) is 0. The summed E-state index contributed by atoms with van der Waals surface area (Å²) in [6, 6.07) is 13.5. The predicted molar refractivity (Wildman–Crippen MR) is 84.7 cm³/mol. The molecular formula is C16H13N3OS. The van der Waals surface area contributed by atoms with Crippen molar-refractivity contribution in [3.63, 3.8) is 0 Å². The number of carbonyl (C=O) groups is 1. The van der Waals surface area contributed by atoms with E-state index >= 15 is 0 Å². The smallest absolute Gasteiger partial charge is 0.244 e. The number of para-hydroxylation sites is 1. The van der Waals surface area contributed by atoms with E-state index in [-0.39, 0.29) is 5.91 Å². The first-order chi connectivity index (χ1) is 10.3. The summed E-state index contributed by atoms with van der Waals surface area (Å²) in [5.74, 6) is -0.153. The largest absolute Gasteiger partial charge is 0.347 e. The highest BCUT2D eigenvalue weighted by molar-refractivity contribution is 7.19. The molecule has 0 aliphatic carbocycles. The van der Waals surface area contributed by atoms with Crippen LogP contribution in [0.3, 0.4) is 0 Å². The van der Waals surface area contributed by atoms with Crippen molar-refractivity contribution in [2.24, 2.45) is 0 Å². The molecule has 1 amide bonds. The summed E-state index contributed by atoms with van der Waals surface area (Å²) in [6.45, 7) is 0.420. The first-order valence-corrected chi connectivity index (χ1v) is 7.34. The minimum absolute atomic E-state index is 0.153. The van der Waals surface area contributed by atoms with Crippen LogP contribution in [-0.4, -0.2) is 15.9 Å². The van der Waals surface area contributed by atoms with Gasteiger partial charge in [-0.05, 0) is 30.3 Å². The maximum atomic E-state index is 11.8. The molecule has 0 radical (unpaired) electrons. The Morgan fingerprint density at radius 3 is 2.86 bits per heavy atom. The topological polar surface area (TPSA) is 54.9 Å². The van der Waals surface area contributed by atoms with Gasteiger partial charge in [0.25, 0.3) is 0 Å². The first-order valence-electron chi connectivity index (χ1n) is 6.53. The molecule has 0 saturated heterocycles. The Morgan fingerprint density at radius 1 is 1.19 bits per heavy atom. The molecule has 5 heteroatoms. The lowest BCUT2D eigenvalue weighted by Crippen LogP contribution is -2.20. The van der Waals surface area contributed by atoms with Crippen molar-refractivity contribution >= 4 is 33.5 Å². The number of amides is 1. The second-order valence-electron chi connectivity index (χ2n) is 4.39. The fourth-order valence-corrected chi connectivity index (χ4v) is 2.72. The number of benzene rings is 1. The number of pyridine rings is 1. The minimum Gasteiger partial charge on any atom is -0.347 e. The highest BCUT2D eigenvalue weighted by Gasteiger charge is 2.01. The first kappa shape index (κ1) is 13.5. The molecule has 3 aromatic rings. The van der Waals surface area contributed by atoms with Gasteiger partial charge in [0.05, 0.1) is 22.5 Å². The van der Waals surface area contributed by atoms with Gasteiger partial charge in [0.2, 0.25) is 5.91 Å². The molecular weight excluding hydrogens is 282 g/mol. The van der Waals surface area contributed by atoms with Crippen molar-refractivity contribution in [3.8, 4) is 0 Å². The highest BCUT2D eigenvalue weighted by atomic mass is 32.1. The van der Waals surface area contributed by atoms with Crippen molar-refractivity contribution in [1.29, 1.82) is 0 Å². The third-order valence-corrected chi connectivity index (χ3v) is 3.86. The molecule has 21 heavy (non-hydrogen) atoms. The maximum absolute atomic E-state index is 11.8. The molecule has 2 aromatic heterocycles. The number of rotatable bonds is 4. The Morgan fingerprint density at radius 2 is 2.05 bits per heavy atom. The molecule has 0 aliphatic heterocycles. The number of nitrogens with one attached hydrogen (secondary N) is 1. The standard InChI is InChI=1S/C16H13N3OS/c20-15(18-11-12-5-3-4-10-17-12)8-9-16-19-13-6-1-2-7-14(13)21-16/h1-10H,11H2,(H,18,20)/b9-8+. The second kappa shape index (κ2) is 6.28. The van der Waals surface area contributed by atoms with E-state index in [9.17, 15) is 4.79 Å². The normalized spacial score (nSPS) is 11.0. The molecule has 0 fully saturated rings. The van der Waals surface area contributed by atoms with Gasteiger partial charge in [-0.25, -0.2) is 4.98 Å². The lowest BCUT2D eigenvalue weighted by Gasteiger charge is -2.00. The van der Waals surface area contributed by atoms with Crippen LogP contribution in [0.5, 0.6) is 0 Å². The van der Waals surface area contributed by atoms with Crippen molar-refractivity contribution in [2.75, 3.05) is 0 Å². The van der Waals surface area contributed by atoms with Gasteiger partial charge >= 0.3 is 0 Å². The third kappa shape index (κ3) is 3.52. The Labute approximate surface area is 126 Å². The average molecular weight is 295 g/mol. The van der Waals surface area contributed by atoms with Gasteiger partial charge in [-0.2, -0.15) is 0 Å². The van der Waals surface area contributed by atoms with Gasteiger partial charge in [-0.15, -0.1) is 11.3 Å². The SMILES string of the molecule is O=C(/C=C/c1nc2ccccc2s1)NCc1ccccn1. The quantitative estimate of drug-likeness (QED) is 0.753. The van der Waals surface area contributed by atoms with Crippen LogP contribution in [0.1, 0.15) is 10.7 Å². The number of aromatic nitrogens is 2. The molecule has 2 heterocycles. The Bertz CT molecular complexity index is 747. The lowest BCUT2D eigenvalue weighted by molar-refractivity contribution is -0.116. The fourth-order valence-electron chi connectivity index (χ4n) is 1.85. The van der Waals surface area contributed by atoms with E-state index < -0.39 is 0 Å². The van der Waals surface area contributed by atoms with Crippen LogP contribution in [0.25, 0.3) is 16.3 Å². The Balaban J connectivity index is 1.61. The molecule has 104 valence electrons. The maximum Gasteiger partial charge on any atom is 0.244 e. The molecule has 0 unspecified atom stereocenters. The number of carbonyl (C=O) groups excluding carboxylic acids is 1. The summed E-state index contributed by atoms with van der Waals surface area (Å²) in [5, 5.41) is 3.61. The molecule has 0 saturated carbocycles. The number of thiazole rings is 1. The van der Waals surface area contributed by atoms with Crippen LogP contribution in [0.15, 0.2) is 54.7 Å². The predicted octanol–water partition coefficient (Wildman–Crippen LogP) is 3.02. The summed E-state index contributed by atoms with van der Waals surface area (Å²) in [6.07, 6.45) is 4.94. The van der Waals surface area contributed by atoms with Crippen molar-refractivity contribution in [1.82, 2.24) is 15.3 Å². The van der Waals surface area contributed by atoms with Gasteiger partial charge in [0.15, 0.2) is 0 Å². The molecule has 0 atom stereocenters. The van der Waals surface area contributed by atoms with Gasteiger partial charge in [0.1, 0.15) is 5.01 Å². The molecule has 0 spiro atoms. The fraction of sp³-hybridized carbons (Fsp3) is 0.0625. The molecule has 4 nitrogen and oxygen atoms in total. The van der Waals surface area contributed by atoms with Crippen LogP contribution >= 0.6 is 11.3 Å². The van der Waals surface area contributed by atoms with Gasteiger partial charge in [-0.1, -0.05) is 18.2 Å². The highest BCUT2D eigenvalue weighted by Crippen LogP contribution is 2.22. The molecule has 3 rings (SSSR count). The summed E-state index contributed by atoms with van der Waals surface area (Å²) < 4.78 is 1.12. The summed E-state index contributed by atoms with van der Waals surface area (Å²) >= 11 is 1.56. The van der Waals surface area contributed by atoms with E-state index in [2.05, 4.69) is 15.3 Å². The van der Waals surface area contributed by atoms with E-state index in [1.165, 1.54) is 6.08 Å². The average Bonchev–Trinajstić information content (AvgIpc) is 2.95. The minimum atomic E-state index is -0.153. The zero-order valence-corrected chi connectivity index (χ0v) is 12.0. The molecule has 0 aliphatic rings. The number of hydrogen-bond acceptors (Lipinski definition) is 4. The Hall–Kier alpha value is -2.53. The van der Waals surface area contributed by atoms with Gasteiger partial charge in [-0.3, -0.25) is 9.78 Å². The van der Waals surface area contributed by atoms with Crippen LogP contribution < -0.4 is 5.32 Å². The van der Waals surface area contributed by atoms with Crippen LogP contribution in [0, 0.1) is 0 Å².